The third-order valence-electron chi connectivity index (χ3n) is 3.22. The van der Waals surface area contributed by atoms with Gasteiger partial charge in [-0.3, -0.25) is 0 Å². The van der Waals surface area contributed by atoms with E-state index in [2.05, 4.69) is 24.4 Å². The number of rotatable bonds is 4. The number of allylic oxidation sites excluding steroid dienone is 1. The molecule has 2 unspecified atom stereocenters. The molecule has 0 aromatic carbocycles. The SMILES string of the molecule is Cc1cc(C(C)NCC2CCC=CO2)c(C)o1. The highest BCUT2D eigenvalue weighted by atomic mass is 16.5. The lowest BCUT2D eigenvalue weighted by Gasteiger charge is -2.22. The van der Waals surface area contributed by atoms with Crippen molar-refractivity contribution in [2.45, 2.75) is 45.8 Å². The summed E-state index contributed by atoms with van der Waals surface area (Å²) in [6, 6.07) is 2.41. The molecule has 0 fully saturated rings. The Balaban J connectivity index is 1.86. The van der Waals surface area contributed by atoms with Crippen LogP contribution in [0.15, 0.2) is 22.8 Å². The van der Waals surface area contributed by atoms with E-state index in [0.29, 0.717) is 12.1 Å². The van der Waals surface area contributed by atoms with E-state index in [1.165, 1.54) is 5.56 Å². The lowest BCUT2D eigenvalue weighted by atomic mass is 10.1. The van der Waals surface area contributed by atoms with Gasteiger partial charge in [-0.05, 0) is 45.8 Å². The summed E-state index contributed by atoms with van der Waals surface area (Å²) in [4.78, 5) is 0. The zero-order chi connectivity index (χ0) is 12.3. The summed E-state index contributed by atoms with van der Waals surface area (Å²) in [6.07, 6.45) is 6.40. The highest BCUT2D eigenvalue weighted by Gasteiger charge is 2.15. The monoisotopic (exact) mass is 235 g/mol. The summed E-state index contributed by atoms with van der Waals surface area (Å²) in [5, 5.41) is 3.50. The van der Waals surface area contributed by atoms with E-state index in [0.717, 1.165) is 30.9 Å². The van der Waals surface area contributed by atoms with Crippen LogP contribution in [0.4, 0.5) is 0 Å². The first-order chi connectivity index (χ1) is 8.16. The van der Waals surface area contributed by atoms with Gasteiger partial charge in [0.05, 0.1) is 6.26 Å². The van der Waals surface area contributed by atoms with E-state index in [-0.39, 0.29) is 0 Å². The van der Waals surface area contributed by atoms with Crippen LogP contribution in [0, 0.1) is 13.8 Å². The van der Waals surface area contributed by atoms with E-state index < -0.39 is 0 Å². The molecule has 1 aromatic heterocycles. The molecule has 1 aliphatic heterocycles. The lowest BCUT2D eigenvalue weighted by molar-refractivity contribution is 0.120. The van der Waals surface area contributed by atoms with Crippen LogP contribution in [-0.4, -0.2) is 12.6 Å². The molecule has 0 bridgehead atoms. The highest BCUT2D eigenvalue weighted by molar-refractivity contribution is 5.23. The third-order valence-corrected chi connectivity index (χ3v) is 3.22. The Morgan fingerprint density at radius 2 is 2.29 bits per heavy atom. The third kappa shape index (κ3) is 3.13. The minimum atomic E-state index is 0.302. The first kappa shape index (κ1) is 12.2. The van der Waals surface area contributed by atoms with Crippen LogP contribution >= 0.6 is 0 Å². The molecule has 0 saturated carbocycles. The van der Waals surface area contributed by atoms with E-state index >= 15 is 0 Å². The molecule has 2 atom stereocenters. The molecule has 1 N–H and O–H groups in total. The van der Waals surface area contributed by atoms with Crippen molar-refractivity contribution >= 4 is 0 Å². The quantitative estimate of drug-likeness (QED) is 0.870. The highest BCUT2D eigenvalue weighted by Crippen LogP contribution is 2.21. The van der Waals surface area contributed by atoms with Gasteiger partial charge in [0.1, 0.15) is 17.6 Å². The summed E-state index contributed by atoms with van der Waals surface area (Å²) in [5.41, 5.74) is 1.24. The molecule has 0 spiro atoms. The van der Waals surface area contributed by atoms with Crippen LogP contribution in [0.5, 0.6) is 0 Å². The average Bonchev–Trinajstić information content (AvgIpc) is 2.67. The van der Waals surface area contributed by atoms with Gasteiger partial charge in [-0.1, -0.05) is 0 Å². The largest absolute Gasteiger partial charge is 0.497 e. The van der Waals surface area contributed by atoms with Crippen molar-refractivity contribution in [3.63, 3.8) is 0 Å². The summed E-state index contributed by atoms with van der Waals surface area (Å²) in [7, 11) is 0. The van der Waals surface area contributed by atoms with Crippen molar-refractivity contribution in [2.24, 2.45) is 0 Å². The fourth-order valence-electron chi connectivity index (χ4n) is 2.23. The zero-order valence-electron chi connectivity index (χ0n) is 10.8. The van der Waals surface area contributed by atoms with Gasteiger partial charge in [0.2, 0.25) is 0 Å². The van der Waals surface area contributed by atoms with Gasteiger partial charge in [-0.25, -0.2) is 0 Å². The molecule has 2 heterocycles. The van der Waals surface area contributed by atoms with E-state index in [9.17, 15) is 0 Å². The Morgan fingerprint density at radius 1 is 1.47 bits per heavy atom. The minimum absolute atomic E-state index is 0.302. The predicted octanol–water partition coefficient (Wildman–Crippen LogP) is 3.24. The van der Waals surface area contributed by atoms with Gasteiger partial charge in [-0.15, -0.1) is 0 Å². The molecular weight excluding hydrogens is 214 g/mol. The zero-order valence-corrected chi connectivity index (χ0v) is 10.8. The molecule has 0 radical (unpaired) electrons. The first-order valence-electron chi connectivity index (χ1n) is 6.27. The van der Waals surface area contributed by atoms with Gasteiger partial charge in [0, 0.05) is 18.2 Å². The average molecular weight is 235 g/mol. The van der Waals surface area contributed by atoms with E-state index in [1.807, 2.05) is 20.1 Å². The maximum atomic E-state index is 5.55. The molecule has 94 valence electrons. The maximum absolute atomic E-state index is 5.55. The second-order valence-corrected chi connectivity index (χ2v) is 4.71. The van der Waals surface area contributed by atoms with Crippen molar-refractivity contribution in [3.8, 4) is 0 Å². The Hall–Kier alpha value is -1.22. The topological polar surface area (TPSA) is 34.4 Å². The standard InChI is InChI=1S/C14H21NO2/c1-10-8-14(12(3)17-10)11(2)15-9-13-6-4-5-7-16-13/h5,7-8,11,13,15H,4,6,9H2,1-3H3. The fourth-order valence-corrected chi connectivity index (χ4v) is 2.23. The molecule has 3 nitrogen and oxygen atoms in total. The second kappa shape index (κ2) is 5.41. The Labute approximate surface area is 103 Å². The summed E-state index contributed by atoms with van der Waals surface area (Å²) < 4.78 is 11.1. The predicted molar refractivity (Wildman–Crippen MR) is 67.8 cm³/mol. The number of nitrogens with one attached hydrogen (secondary N) is 1. The van der Waals surface area contributed by atoms with Crippen LogP contribution < -0.4 is 5.32 Å². The number of ether oxygens (including phenoxy) is 1. The molecule has 2 rings (SSSR count). The Bertz CT molecular complexity index is 395. The maximum Gasteiger partial charge on any atom is 0.110 e. The Morgan fingerprint density at radius 3 is 2.88 bits per heavy atom. The molecule has 0 saturated heterocycles. The normalized spacial score (nSPS) is 21.2. The summed E-state index contributed by atoms with van der Waals surface area (Å²) in [6.45, 7) is 7.05. The molecule has 0 aliphatic carbocycles. The van der Waals surface area contributed by atoms with Crippen LogP contribution in [0.1, 0.15) is 42.9 Å². The fraction of sp³-hybridized carbons (Fsp3) is 0.571. The van der Waals surface area contributed by atoms with Crippen molar-refractivity contribution < 1.29 is 9.15 Å². The van der Waals surface area contributed by atoms with Crippen LogP contribution in [0.3, 0.4) is 0 Å². The lowest BCUT2D eigenvalue weighted by Crippen LogP contribution is -2.31. The van der Waals surface area contributed by atoms with Crippen molar-refractivity contribution in [1.29, 1.82) is 0 Å². The van der Waals surface area contributed by atoms with Crippen LogP contribution in [0.2, 0.25) is 0 Å². The molecule has 0 amide bonds. The number of hydrogen-bond acceptors (Lipinski definition) is 3. The number of aryl methyl sites for hydroxylation is 2. The molecule has 1 aliphatic rings. The van der Waals surface area contributed by atoms with Gasteiger partial charge in [0.25, 0.3) is 0 Å². The minimum Gasteiger partial charge on any atom is -0.497 e. The second-order valence-electron chi connectivity index (χ2n) is 4.71. The first-order valence-corrected chi connectivity index (χ1v) is 6.27. The van der Waals surface area contributed by atoms with Gasteiger partial charge >= 0.3 is 0 Å². The smallest absolute Gasteiger partial charge is 0.110 e. The van der Waals surface area contributed by atoms with E-state index in [4.69, 9.17) is 9.15 Å². The molecule has 3 heteroatoms. The van der Waals surface area contributed by atoms with Crippen molar-refractivity contribution in [1.82, 2.24) is 5.32 Å². The van der Waals surface area contributed by atoms with Gasteiger partial charge < -0.3 is 14.5 Å². The van der Waals surface area contributed by atoms with Crippen molar-refractivity contribution in [2.75, 3.05) is 6.54 Å². The molecular formula is C14H21NO2. The molecule has 17 heavy (non-hydrogen) atoms. The molecule has 1 aromatic rings. The number of hydrogen-bond donors (Lipinski definition) is 1. The summed E-state index contributed by atoms with van der Waals surface area (Å²) in [5.74, 6) is 1.98. The number of furan rings is 1. The van der Waals surface area contributed by atoms with Crippen LogP contribution in [0.25, 0.3) is 0 Å². The van der Waals surface area contributed by atoms with Gasteiger partial charge in [-0.2, -0.15) is 0 Å². The summed E-state index contributed by atoms with van der Waals surface area (Å²) >= 11 is 0. The van der Waals surface area contributed by atoms with Crippen LogP contribution in [-0.2, 0) is 4.74 Å². The van der Waals surface area contributed by atoms with E-state index in [1.54, 1.807) is 0 Å². The van der Waals surface area contributed by atoms with Gasteiger partial charge in [0.15, 0.2) is 0 Å². The van der Waals surface area contributed by atoms with Crippen molar-refractivity contribution in [3.05, 3.63) is 35.5 Å². The Kier molecular flexibility index (Phi) is 3.89.